The minimum atomic E-state index is -1.18. The van der Waals surface area contributed by atoms with Crippen LogP contribution < -0.4 is 10.6 Å². The highest BCUT2D eigenvalue weighted by Gasteiger charge is 2.37. The largest absolute Gasteiger partial charge is 0.508 e. The molecule has 0 aromatic heterocycles. The second-order valence-electron chi connectivity index (χ2n) is 11.2. The Morgan fingerprint density at radius 1 is 1.10 bits per heavy atom. The van der Waals surface area contributed by atoms with Gasteiger partial charge in [0.25, 0.3) is 0 Å². The van der Waals surface area contributed by atoms with E-state index in [2.05, 4.69) is 17.2 Å². The smallest absolute Gasteiger partial charge is 0.408 e. The molecule has 2 atom stereocenters. The standard InChI is InChI=1S/C30H38N4O5/c1-8-20-10-9-11-22(18-20)25(26(36)33-29(2,3)4)34(17-16-31)27(37)24(32-28(38)39-30(5,6)7)19-21-12-14-23(35)15-13-21/h8-15,18,24-25,35H,1,17,19H2,2-7H3,(H,32,38)(H,33,36). The lowest BCUT2D eigenvalue weighted by Crippen LogP contribution is -2.55. The molecule has 39 heavy (non-hydrogen) atoms. The van der Waals surface area contributed by atoms with E-state index < -0.39 is 47.7 Å². The lowest BCUT2D eigenvalue weighted by atomic mass is 9.98. The zero-order valence-electron chi connectivity index (χ0n) is 23.4. The Morgan fingerprint density at radius 2 is 1.74 bits per heavy atom. The molecule has 0 saturated heterocycles. The number of nitrogens with one attached hydrogen (secondary N) is 2. The molecule has 0 bridgehead atoms. The van der Waals surface area contributed by atoms with Crippen LogP contribution in [-0.2, 0) is 20.7 Å². The molecule has 0 radical (unpaired) electrons. The Labute approximate surface area is 230 Å². The van der Waals surface area contributed by atoms with E-state index >= 15 is 0 Å². The highest BCUT2D eigenvalue weighted by atomic mass is 16.6. The molecule has 3 N–H and O–H groups in total. The van der Waals surface area contributed by atoms with Crippen molar-refractivity contribution in [2.75, 3.05) is 6.54 Å². The average Bonchev–Trinajstić information content (AvgIpc) is 2.82. The van der Waals surface area contributed by atoms with E-state index in [4.69, 9.17) is 4.74 Å². The van der Waals surface area contributed by atoms with Gasteiger partial charge in [-0.05, 0) is 76.4 Å². The highest BCUT2D eigenvalue weighted by Crippen LogP contribution is 2.25. The Bertz CT molecular complexity index is 1220. The molecule has 0 heterocycles. The van der Waals surface area contributed by atoms with Gasteiger partial charge in [-0.2, -0.15) is 5.26 Å². The van der Waals surface area contributed by atoms with Crippen LogP contribution in [0.1, 0.15) is 64.3 Å². The van der Waals surface area contributed by atoms with Crippen LogP contribution in [0.4, 0.5) is 4.79 Å². The highest BCUT2D eigenvalue weighted by molar-refractivity contribution is 5.92. The molecule has 0 aliphatic heterocycles. The number of ether oxygens (including phenoxy) is 1. The number of nitriles is 1. The molecule has 0 aliphatic rings. The summed E-state index contributed by atoms with van der Waals surface area (Å²) in [5.41, 5.74) is 0.426. The summed E-state index contributed by atoms with van der Waals surface area (Å²) in [6.07, 6.45) is 0.831. The number of phenols is 1. The van der Waals surface area contributed by atoms with E-state index in [1.807, 2.05) is 32.9 Å². The number of aromatic hydroxyl groups is 1. The molecule has 9 nitrogen and oxygen atoms in total. The van der Waals surface area contributed by atoms with Gasteiger partial charge in [-0.25, -0.2) is 4.79 Å². The van der Waals surface area contributed by atoms with Crippen LogP contribution in [-0.4, -0.2) is 51.6 Å². The van der Waals surface area contributed by atoms with Gasteiger partial charge in [0, 0.05) is 12.0 Å². The van der Waals surface area contributed by atoms with E-state index in [9.17, 15) is 24.8 Å². The number of hydrogen-bond acceptors (Lipinski definition) is 6. The van der Waals surface area contributed by atoms with Crippen molar-refractivity contribution in [1.82, 2.24) is 15.5 Å². The number of rotatable bonds is 9. The fourth-order valence-corrected chi connectivity index (χ4v) is 3.86. The first kappa shape index (κ1) is 30.9. The molecule has 2 aromatic carbocycles. The number of amides is 3. The second kappa shape index (κ2) is 13.0. The van der Waals surface area contributed by atoms with Crippen molar-refractivity contribution < 1.29 is 24.2 Å². The number of carbonyl (C=O) groups is 3. The SMILES string of the molecule is C=Cc1cccc(C(C(=O)NC(C)(C)C)N(CC#N)C(=O)C(Cc2ccc(O)cc2)NC(=O)OC(C)(C)C)c1. The maximum absolute atomic E-state index is 14.1. The molecule has 0 fully saturated rings. The third-order valence-electron chi connectivity index (χ3n) is 5.41. The lowest BCUT2D eigenvalue weighted by molar-refractivity contribution is -0.142. The van der Waals surface area contributed by atoms with Crippen LogP contribution >= 0.6 is 0 Å². The predicted octanol–water partition coefficient (Wildman–Crippen LogP) is 4.48. The van der Waals surface area contributed by atoms with Crippen LogP contribution in [0, 0.1) is 11.3 Å². The van der Waals surface area contributed by atoms with Crippen LogP contribution in [0.5, 0.6) is 5.75 Å². The first-order chi connectivity index (χ1) is 18.1. The Kier molecular flexibility index (Phi) is 10.3. The minimum Gasteiger partial charge on any atom is -0.508 e. The molecule has 3 amide bonds. The van der Waals surface area contributed by atoms with Crippen molar-refractivity contribution in [3.05, 3.63) is 71.8 Å². The number of nitrogens with zero attached hydrogens (tertiary/aromatic N) is 2. The lowest BCUT2D eigenvalue weighted by Gasteiger charge is -2.34. The van der Waals surface area contributed by atoms with Gasteiger partial charge in [0.1, 0.15) is 30.0 Å². The Hall–Kier alpha value is -4.32. The molecule has 2 aromatic rings. The fraction of sp³-hybridized carbons (Fsp3) is 0.400. The molecule has 2 unspecified atom stereocenters. The summed E-state index contributed by atoms with van der Waals surface area (Å²) in [6, 6.07) is 12.8. The van der Waals surface area contributed by atoms with Crippen molar-refractivity contribution in [2.45, 2.75) is 71.2 Å². The molecular formula is C30H38N4O5. The van der Waals surface area contributed by atoms with Gasteiger partial charge in [0.05, 0.1) is 6.07 Å². The monoisotopic (exact) mass is 534 g/mol. The van der Waals surface area contributed by atoms with E-state index in [0.29, 0.717) is 11.1 Å². The van der Waals surface area contributed by atoms with Crippen molar-refractivity contribution in [3.8, 4) is 11.8 Å². The number of phenolic OH excluding ortho intramolecular Hbond substituents is 1. The molecular weight excluding hydrogens is 496 g/mol. The fourth-order valence-electron chi connectivity index (χ4n) is 3.86. The van der Waals surface area contributed by atoms with Gasteiger partial charge >= 0.3 is 6.09 Å². The molecule has 9 heteroatoms. The van der Waals surface area contributed by atoms with Crippen molar-refractivity contribution >= 4 is 24.0 Å². The quantitative estimate of drug-likeness (QED) is 0.407. The average molecular weight is 535 g/mol. The third kappa shape index (κ3) is 9.82. The summed E-state index contributed by atoms with van der Waals surface area (Å²) in [6.45, 7) is 13.9. The predicted molar refractivity (Wildman–Crippen MR) is 149 cm³/mol. The summed E-state index contributed by atoms with van der Waals surface area (Å²) in [5, 5.41) is 24.9. The van der Waals surface area contributed by atoms with E-state index in [1.54, 1.807) is 57.2 Å². The Morgan fingerprint density at radius 3 is 2.28 bits per heavy atom. The Balaban J connectivity index is 2.59. The first-order valence-electron chi connectivity index (χ1n) is 12.6. The molecule has 0 saturated carbocycles. The summed E-state index contributed by atoms with van der Waals surface area (Å²) in [5.74, 6) is -1.07. The van der Waals surface area contributed by atoms with Gasteiger partial charge in [0.2, 0.25) is 11.8 Å². The third-order valence-corrected chi connectivity index (χ3v) is 5.41. The van der Waals surface area contributed by atoms with Crippen LogP contribution in [0.2, 0.25) is 0 Å². The van der Waals surface area contributed by atoms with Gasteiger partial charge < -0.3 is 25.4 Å². The second-order valence-corrected chi connectivity index (χ2v) is 11.2. The van der Waals surface area contributed by atoms with Gasteiger partial charge in [-0.1, -0.05) is 43.0 Å². The zero-order valence-corrected chi connectivity index (χ0v) is 23.4. The number of hydrogen-bond donors (Lipinski definition) is 3. The van der Waals surface area contributed by atoms with Crippen molar-refractivity contribution in [2.24, 2.45) is 0 Å². The molecule has 2 rings (SSSR count). The minimum absolute atomic E-state index is 0.0284. The topological polar surface area (TPSA) is 132 Å². The van der Waals surface area contributed by atoms with Gasteiger partial charge in [-0.15, -0.1) is 0 Å². The van der Waals surface area contributed by atoms with Crippen LogP contribution in [0.15, 0.2) is 55.1 Å². The molecule has 208 valence electrons. The summed E-state index contributed by atoms with van der Waals surface area (Å²) in [4.78, 5) is 41.6. The van der Waals surface area contributed by atoms with Gasteiger partial charge in [-0.3, -0.25) is 9.59 Å². The van der Waals surface area contributed by atoms with Crippen molar-refractivity contribution in [1.29, 1.82) is 5.26 Å². The molecule has 0 aliphatic carbocycles. The van der Waals surface area contributed by atoms with Crippen LogP contribution in [0.25, 0.3) is 6.08 Å². The van der Waals surface area contributed by atoms with E-state index in [-0.39, 0.29) is 12.2 Å². The van der Waals surface area contributed by atoms with Gasteiger partial charge in [0.15, 0.2) is 0 Å². The van der Waals surface area contributed by atoms with E-state index in [0.717, 1.165) is 10.5 Å². The maximum Gasteiger partial charge on any atom is 0.408 e. The number of carbonyl (C=O) groups excluding carboxylic acids is 3. The van der Waals surface area contributed by atoms with Crippen LogP contribution in [0.3, 0.4) is 0 Å². The van der Waals surface area contributed by atoms with Crippen molar-refractivity contribution in [3.63, 3.8) is 0 Å². The summed E-state index contributed by atoms with van der Waals surface area (Å²) < 4.78 is 5.39. The first-order valence-corrected chi connectivity index (χ1v) is 12.6. The number of benzene rings is 2. The van der Waals surface area contributed by atoms with E-state index in [1.165, 1.54) is 12.1 Å². The maximum atomic E-state index is 14.1. The molecule has 0 spiro atoms. The summed E-state index contributed by atoms with van der Waals surface area (Å²) >= 11 is 0. The number of alkyl carbamates (subject to hydrolysis) is 1. The zero-order chi connectivity index (χ0) is 29.4. The normalized spacial score (nSPS) is 12.8. The summed E-state index contributed by atoms with van der Waals surface area (Å²) in [7, 11) is 0.